The third kappa shape index (κ3) is 3.25. The third-order valence-corrected chi connectivity index (χ3v) is 3.90. The fourth-order valence-electron chi connectivity index (χ4n) is 2.68. The summed E-state index contributed by atoms with van der Waals surface area (Å²) >= 11 is 0. The van der Waals surface area contributed by atoms with E-state index < -0.39 is 11.9 Å². The number of hydrogen-bond donors (Lipinski definition) is 1. The average molecular weight is 352 g/mol. The van der Waals surface area contributed by atoms with Gasteiger partial charge in [0.05, 0.1) is 12.8 Å². The first-order chi connectivity index (χ1) is 12.7. The summed E-state index contributed by atoms with van der Waals surface area (Å²) in [6.07, 6.45) is 0.530. The van der Waals surface area contributed by atoms with Crippen LogP contribution in [0.2, 0.25) is 0 Å². The molecule has 0 unspecified atom stereocenters. The Balaban J connectivity index is 1.44. The van der Waals surface area contributed by atoms with E-state index in [9.17, 15) is 9.90 Å². The molecule has 2 aromatic heterocycles. The third-order valence-electron chi connectivity index (χ3n) is 3.90. The van der Waals surface area contributed by atoms with Crippen molar-refractivity contribution in [1.82, 2.24) is 9.78 Å². The largest absolute Gasteiger partial charge is 0.490 e. The molecule has 2 heterocycles. The van der Waals surface area contributed by atoms with Gasteiger partial charge in [-0.15, -0.1) is 5.10 Å². The molecule has 26 heavy (non-hydrogen) atoms. The lowest BCUT2D eigenvalue weighted by molar-refractivity contribution is 0.0882. The molecule has 0 bridgehead atoms. The second-order valence-electron chi connectivity index (χ2n) is 5.77. The van der Waals surface area contributed by atoms with Gasteiger partial charge in [-0.1, -0.05) is 36.4 Å². The fraction of sp³-hybridized carbons (Fsp3) is 0.158. The molecule has 0 fully saturated rings. The first-order valence-corrected chi connectivity index (χ1v) is 8.11. The van der Waals surface area contributed by atoms with E-state index in [1.165, 1.54) is 6.26 Å². The molecule has 0 saturated carbocycles. The SMILES string of the molecule is O=c1oc(-c2ccco2)nn1C[C@H](O)COc1cccc2ccccc12. The molecule has 4 rings (SSSR count). The second-order valence-corrected chi connectivity index (χ2v) is 5.77. The topological polar surface area (TPSA) is 90.6 Å². The van der Waals surface area contributed by atoms with Crippen molar-refractivity contribution in [3.63, 3.8) is 0 Å². The van der Waals surface area contributed by atoms with E-state index in [4.69, 9.17) is 13.6 Å². The number of nitrogens with zero attached hydrogens (tertiary/aromatic N) is 2. The molecule has 0 spiro atoms. The molecular weight excluding hydrogens is 336 g/mol. The number of benzene rings is 2. The minimum atomic E-state index is -0.929. The standard InChI is InChI=1S/C19H16N2O5/c22-14(11-21-19(23)26-18(20-21)17-9-4-10-24-17)12-25-16-8-3-6-13-5-1-2-7-15(13)16/h1-10,14,22H,11-12H2/t14-/m0/s1. The molecule has 0 aliphatic carbocycles. The zero-order valence-corrected chi connectivity index (χ0v) is 13.7. The monoisotopic (exact) mass is 352 g/mol. The van der Waals surface area contributed by atoms with E-state index in [2.05, 4.69) is 5.10 Å². The van der Waals surface area contributed by atoms with Gasteiger partial charge >= 0.3 is 5.76 Å². The number of ether oxygens (including phenoxy) is 1. The van der Waals surface area contributed by atoms with Gasteiger partial charge in [-0.2, -0.15) is 4.68 Å². The van der Waals surface area contributed by atoms with Crippen molar-refractivity contribution in [2.24, 2.45) is 0 Å². The van der Waals surface area contributed by atoms with Crippen LogP contribution in [-0.2, 0) is 6.54 Å². The van der Waals surface area contributed by atoms with Crippen molar-refractivity contribution in [2.75, 3.05) is 6.61 Å². The molecule has 0 saturated heterocycles. The van der Waals surface area contributed by atoms with Crippen molar-refractivity contribution in [1.29, 1.82) is 0 Å². The van der Waals surface area contributed by atoms with Crippen molar-refractivity contribution in [3.05, 3.63) is 71.4 Å². The summed E-state index contributed by atoms with van der Waals surface area (Å²) in [5, 5.41) is 16.2. The molecule has 2 aromatic carbocycles. The number of furan rings is 1. The van der Waals surface area contributed by atoms with Crippen LogP contribution in [0.25, 0.3) is 22.4 Å². The average Bonchev–Trinajstić information content (AvgIpc) is 3.30. The Labute approximate surface area is 148 Å². The van der Waals surface area contributed by atoms with Gasteiger partial charge in [-0.25, -0.2) is 4.79 Å². The molecule has 0 aliphatic heterocycles. The van der Waals surface area contributed by atoms with Crippen LogP contribution in [0.5, 0.6) is 5.75 Å². The van der Waals surface area contributed by atoms with Crippen LogP contribution in [0.4, 0.5) is 0 Å². The predicted octanol–water partition coefficient (Wildman–Crippen LogP) is 2.69. The van der Waals surface area contributed by atoms with E-state index in [0.29, 0.717) is 11.5 Å². The van der Waals surface area contributed by atoms with Crippen LogP contribution >= 0.6 is 0 Å². The first kappa shape index (κ1) is 16.2. The molecule has 7 heteroatoms. The van der Waals surface area contributed by atoms with Gasteiger partial charge in [0.2, 0.25) is 0 Å². The van der Waals surface area contributed by atoms with Crippen LogP contribution < -0.4 is 10.5 Å². The fourth-order valence-corrected chi connectivity index (χ4v) is 2.68. The Bertz CT molecular complexity index is 1060. The molecule has 4 aromatic rings. The van der Waals surface area contributed by atoms with Crippen LogP contribution in [-0.4, -0.2) is 27.6 Å². The number of aromatic nitrogens is 2. The quantitative estimate of drug-likeness (QED) is 0.574. The predicted molar refractivity (Wildman–Crippen MR) is 93.9 cm³/mol. The number of aliphatic hydroxyl groups is 1. The van der Waals surface area contributed by atoms with Crippen molar-refractivity contribution in [2.45, 2.75) is 12.6 Å². The summed E-state index contributed by atoms with van der Waals surface area (Å²) in [7, 11) is 0. The Morgan fingerprint density at radius 3 is 2.81 bits per heavy atom. The van der Waals surface area contributed by atoms with E-state index in [1.54, 1.807) is 12.1 Å². The molecule has 0 radical (unpaired) electrons. The van der Waals surface area contributed by atoms with Crippen molar-refractivity contribution >= 4 is 10.8 Å². The number of rotatable bonds is 6. The molecule has 7 nitrogen and oxygen atoms in total. The highest BCUT2D eigenvalue weighted by atomic mass is 16.5. The Morgan fingerprint density at radius 2 is 1.96 bits per heavy atom. The highest BCUT2D eigenvalue weighted by Gasteiger charge is 2.16. The molecule has 1 atom stereocenters. The van der Waals surface area contributed by atoms with Gasteiger partial charge in [-0.3, -0.25) is 0 Å². The highest BCUT2D eigenvalue weighted by molar-refractivity contribution is 5.88. The van der Waals surface area contributed by atoms with Gasteiger partial charge in [0, 0.05) is 5.39 Å². The summed E-state index contributed by atoms with van der Waals surface area (Å²) < 4.78 is 17.0. The summed E-state index contributed by atoms with van der Waals surface area (Å²) in [6, 6.07) is 16.8. The van der Waals surface area contributed by atoms with Crippen LogP contribution in [0.1, 0.15) is 0 Å². The first-order valence-electron chi connectivity index (χ1n) is 8.11. The maximum Gasteiger partial charge on any atom is 0.437 e. The minimum absolute atomic E-state index is 0.0173. The lowest BCUT2D eigenvalue weighted by Gasteiger charge is -2.13. The normalized spacial score (nSPS) is 12.3. The second kappa shape index (κ2) is 6.89. The molecular formula is C19H16N2O5. The summed E-state index contributed by atoms with van der Waals surface area (Å²) in [6.45, 7) is -0.0306. The highest BCUT2D eigenvalue weighted by Crippen LogP contribution is 2.25. The molecule has 0 amide bonds. The molecule has 0 aliphatic rings. The smallest absolute Gasteiger partial charge is 0.437 e. The zero-order chi connectivity index (χ0) is 17.9. The van der Waals surface area contributed by atoms with Crippen LogP contribution in [0.3, 0.4) is 0 Å². The van der Waals surface area contributed by atoms with Gasteiger partial charge in [0.15, 0.2) is 5.76 Å². The van der Waals surface area contributed by atoms with E-state index in [-0.39, 0.29) is 19.0 Å². The summed E-state index contributed by atoms with van der Waals surface area (Å²) in [4.78, 5) is 11.9. The lowest BCUT2D eigenvalue weighted by Crippen LogP contribution is -2.29. The lowest BCUT2D eigenvalue weighted by atomic mass is 10.1. The van der Waals surface area contributed by atoms with E-state index >= 15 is 0 Å². The van der Waals surface area contributed by atoms with Crippen molar-refractivity contribution in [3.8, 4) is 17.4 Å². The molecule has 132 valence electrons. The van der Waals surface area contributed by atoms with Gasteiger partial charge < -0.3 is 18.7 Å². The van der Waals surface area contributed by atoms with Gasteiger partial charge in [0.1, 0.15) is 18.5 Å². The molecule has 1 N–H and O–H groups in total. The Kier molecular flexibility index (Phi) is 4.28. The maximum absolute atomic E-state index is 11.9. The Hall–Kier alpha value is -3.32. The zero-order valence-electron chi connectivity index (χ0n) is 13.7. The van der Waals surface area contributed by atoms with E-state index in [0.717, 1.165) is 15.5 Å². The van der Waals surface area contributed by atoms with Crippen LogP contribution in [0, 0.1) is 0 Å². The number of aliphatic hydroxyl groups excluding tert-OH is 1. The van der Waals surface area contributed by atoms with Crippen LogP contribution in [0.15, 0.2) is 74.5 Å². The summed E-state index contributed by atoms with van der Waals surface area (Å²) in [5.74, 6) is 0.427. The summed E-state index contributed by atoms with van der Waals surface area (Å²) in [5.41, 5.74) is 0. The van der Waals surface area contributed by atoms with Gasteiger partial charge in [0.25, 0.3) is 5.89 Å². The van der Waals surface area contributed by atoms with E-state index in [1.807, 2.05) is 42.5 Å². The minimum Gasteiger partial charge on any atom is -0.490 e. The number of fused-ring (bicyclic) bond motifs is 1. The Morgan fingerprint density at radius 1 is 1.12 bits per heavy atom. The van der Waals surface area contributed by atoms with Crippen molar-refractivity contribution < 1.29 is 18.7 Å². The maximum atomic E-state index is 11.9. The van der Waals surface area contributed by atoms with Gasteiger partial charge in [-0.05, 0) is 23.6 Å². The number of hydrogen-bond acceptors (Lipinski definition) is 6.